The largest absolute Gasteiger partial charge is 0.329 e. The fourth-order valence-corrected chi connectivity index (χ4v) is 2.97. The molecule has 0 amide bonds. The molecule has 0 saturated carbocycles. The van der Waals surface area contributed by atoms with Crippen LogP contribution >= 0.6 is 0 Å². The maximum atomic E-state index is 8.02. The Labute approximate surface area is 184 Å². The van der Waals surface area contributed by atoms with Crippen LogP contribution in [0.25, 0.3) is 0 Å². The highest BCUT2D eigenvalue weighted by atomic mass is 15.2. The maximum Gasteiger partial charge on any atom is 0.0108 e. The van der Waals surface area contributed by atoms with Gasteiger partial charge >= 0.3 is 0 Å². The van der Waals surface area contributed by atoms with Gasteiger partial charge in [0.2, 0.25) is 0 Å². The van der Waals surface area contributed by atoms with E-state index in [9.17, 15) is 0 Å². The number of nitrogens with two attached hydrogens (primary N) is 3. The highest BCUT2D eigenvalue weighted by Crippen LogP contribution is 1.94. The number of hydrogen-bond donors (Lipinski definition) is 9. The van der Waals surface area contributed by atoms with E-state index < -0.39 is 0 Å². The molecule has 0 bridgehead atoms. The molecule has 0 aromatic carbocycles. The number of rotatable bonds is 25. The van der Waals surface area contributed by atoms with Gasteiger partial charge in [0.1, 0.15) is 0 Å². The molecule has 10 nitrogen and oxygen atoms in total. The van der Waals surface area contributed by atoms with Gasteiger partial charge in [0.15, 0.2) is 0 Å². The molecule has 10 heteroatoms. The summed E-state index contributed by atoms with van der Waals surface area (Å²) in [6, 6.07) is 0. The van der Waals surface area contributed by atoms with Crippen LogP contribution in [0.3, 0.4) is 0 Å². The highest BCUT2D eigenvalue weighted by Gasteiger charge is 2.03. The Kier molecular flexibility index (Phi) is 24.0. The molecule has 0 saturated heterocycles. The summed E-state index contributed by atoms with van der Waals surface area (Å²) in [6.45, 7) is 14.3. The lowest BCUT2D eigenvalue weighted by molar-refractivity contribution is 0.280. The van der Waals surface area contributed by atoms with E-state index in [1.54, 1.807) is 0 Å². The lowest BCUT2D eigenvalue weighted by Crippen LogP contribution is -2.41. The molecule has 0 aliphatic rings. The molecule has 0 aliphatic heterocycles. The molecule has 0 fully saturated rings. The number of nitrogens with zero attached hydrogens (tertiary/aromatic N) is 1. The standard InChI is InChI=1S/C20H50N10/c21-4-9-25-7-1-2-20(24)3-8-26-15-18-30(17-6-23)19-16-29-14-13-28-12-11-27-10-5-22/h24-29H,1-19,21-23H2. The van der Waals surface area contributed by atoms with E-state index in [2.05, 4.69) is 31.5 Å². The van der Waals surface area contributed by atoms with Crippen molar-refractivity contribution in [3.63, 3.8) is 0 Å². The van der Waals surface area contributed by atoms with Gasteiger partial charge < -0.3 is 49.2 Å². The number of hydrogen-bond acceptors (Lipinski definition) is 10. The molecule has 180 valence electrons. The monoisotopic (exact) mass is 430 g/mol. The Morgan fingerprint density at radius 2 is 1.03 bits per heavy atom. The summed E-state index contributed by atoms with van der Waals surface area (Å²) in [7, 11) is 0. The van der Waals surface area contributed by atoms with Crippen molar-refractivity contribution in [2.24, 2.45) is 17.2 Å². The second-order valence-corrected chi connectivity index (χ2v) is 7.41. The van der Waals surface area contributed by atoms with E-state index in [4.69, 9.17) is 22.6 Å². The first-order valence-electron chi connectivity index (χ1n) is 11.7. The van der Waals surface area contributed by atoms with Gasteiger partial charge in [-0.1, -0.05) is 0 Å². The Bertz CT molecular complexity index is 356. The van der Waals surface area contributed by atoms with Gasteiger partial charge in [0.25, 0.3) is 0 Å². The fraction of sp³-hybridized carbons (Fsp3) is 0.950. The Hall–Kier alpha value is -0.690. The van der Waals surface area contributed by atoms with Crippen molar-refractivity contribution in [1.29, 1.82) is 5.41 Å². The second-order valence-electron chi connectivity index (χ2n) is 7.41. The van der Waals surface area contributed by atoms with E-state index in [1.165, 1.54) is 0 Å². The first-order chi connectivity index (χ1) is 14.7. The Balaban J connectivity index is 3.54. The van der Waals surface area contributed by atoms with Crippen molar-refractivity contribution < 1.29 is 0 Å². The summed E-state index contributed by atoms with van der Waals surface area (Å²) in [4.78, 5) is 2.39. The van der Waals surface area contributed by atoms with Crippen molar-refractivity contribution in [1.82, 2.24) is 31.5 Å². The molecule has 0 spiro atoms. The molecule has 0 aliphatic carbocycles. The van der Waals surface area contributed by atoms with Crippen molar-refractivity contribution in [2.45, 2.75) is 19.3 Å². The summed E-state index contributed by atoms with van der Waals surface area (Å²) in [5.41, 5.74) is 17.4. The number of nitrogens with one attached hydrogen (secondary N) is 6. The van der Waals surface area contributed by atoms with Crippen molar-refractivity contribution in [3.8, 4) is 0 Å². The first-order valence-corrected chi connectivity index (χ1v) is 11.7. The van der Waals surface area contributed by atoms with E-state index in [1.807, 2.05) is 0 Å². The molecule has 30 heavy (non-hydrogen) atoms. The van der Waals surface area contributed by atoms with E-state index in [-0.39, 0.29) is 0 Å². The molecule has 12 N–H and O–H groups in total. The van der Waals surface area contributed by atoms with E-state index in [0.29, 0.717) is 19.6 Å². The third kappa shape index (κ3) is 22.0. The minimum atomic E-state index is 0.670. The lowest BCUT2D eigenvalue weighted by Gasteiger charge is -2.22. The summed E-state index contributed by atoms with van der Waals surface area (Å²) in [5, 5.41) is 24.9. The molecule has 0 unspecified atom stereocenters. The van der Waals surface area contributed by atoms with Crippen molar-refractivity contribution >= 4 is 5.71 Å². The quantitative estimate of drug-likeness (QED) is 0.0553. The zero-order valence-corrected chi connectivity index (χ0v) is 19.1. The van der Waals surface area contributed by atoms with Gasteiger partial charge in [-0.2, -0.15) is 0 Å². The van der Waals surface area contributed by atoms with E-state index >= 15 is 0 Å². The van der Waals surface area contributed by atoms with Crippen LogP contribution < -0.4 is 43.8 Å². The second kappa shape index (κ2) is 24.6. The smallest absolute Gasteiger partial charge is 0.0108 e. The molecule has 0 atom stereocenters. The fourth-order valence-electron chi connectivity index (χ4n) is 2.97. The Morgan fingerprint density at radius 1 is 0.533 bits per heavy atom. The van der Waals surface area contributed by atoms with Gasteiger partial charge in [-0.15, -0.1) is 0 Å². The van der Waals surface area contributed by atoms with E-state index in [0.717, 1.165) is 110 Å². The van der Waals surface area contributed by atoms with Crippen LogP contribution in [-0.4, -0.2) is 115 Å². The maximum absolute atomic E-state index is 8.02. The minimum absolute atomic E-state index is 0.670. The van der Waals surface area contributed by atoms with Crippen molar-refractivity contribution in [3.05, 3.63) is 0 Å². The van der Waals surface area contributed by atoms with Gasteiger partial charge in [0, 0.05) is 104 Å². The topological polar surface area (TPSA) is 165 Å². The predicted molar refractivity (Wildman–Crippen MR) is 130 cm³/mol. The van der Waals surface area contributed by atoms with Crippen LogP contribution in [0.2, 0.25) is 0 Å². The molecule has 0 aromatic heterocycles. The van der Waals surface area contributed by atoms with Gasteiger partial charge in [0.05, 0.1) is 0 Å². The van der Waals surface area contributed by atoms with Crippen LogP contribution in [0.5, 0.6) is 0 Å². The normalized spacial score (nSPS) is 11.5. The summed E-state index contributed by atoms with van der Waals surface area (Å²) < 4.78 is 0. The lowest BCUT2D eigenvalue weighted by atomic mass is 10.1. The summed E-state index contributed by atoms with van der Waals surface area (Å²) in [5.74, 6) is 0. The Morgan fingerprint density at radius 3 is 1.60 bits per heavy atom. The van der Waals surface area contributed by atoms with Crippen LogP contribution in [-0.2, 0) is 0 Å². The van der Waals surface area contributed by atoms with Gasteiger partial charge in [-0.05, 0) is 25.8 Å². The van der Waals surface area contributed by atoms with Crippen LogP contribution in [0, 0.1) is 5.41 Å². The zero-order chi connectivity index (χ0) is 22.1. The summed E-state index contributed by atoms with van der Waals surface area (Å²) in [6.07, 6.45) is 2.70. The minimum Gasteiger partial charge on any atom is -0.329 e. The predicted octanol–water partition coefficient (Wildman–Crippen LogP) is -2.70. The molecular formula is C20H50N10. The molecular weight excluding hydrogens is 380 g/mol. The third-order valence-electron chi connectivity index (χ3n) is 4.69. The zero-order valence-electron chi connectivity index (χ0n) is 19.1. The van der Waals surface area contributed by atoms with Crippen molar-refractivity contribution in [2.75, 3.05) is 105 Å². The molecule has 0 heterocycles. The van der Waals surface area contributed by atoms with Crippen LogP contribution in [0.1, 0.15) is 19.3 Å². The SMILES string of the molecule is N=C(CCCNCCN)CCNCCN(CCN)CCNCCNCCNCCN. The van der Waals surface area contributed by atoms with Crippen LogP contribution in [0.15, 0.2) is 0 Å². The van der Waals surface area contributed by atoms with Gasteiger partial charge in [-0.3, -0.25) is 4.90 Å². The van der Waals surface area contributed by atoms with Gasteiger partial charge in [-0.25, -0.2) is 0 Å². The first kappa shape index (κ1) is 29.3. The molecule has 0 aromatic rings. The van der Waals surface area contributed by atoms with Crippen LogP contribution in [0.4, 0.5) is 0 Å². The molecule has 0 radical (unpaired) electrons. The average molecular weight is 431 g/mol. The third-order valence-corrected chi connectivity index (χ3v) is 4.69. The average Bonchev–Trinajstić information content (AvgIpc) is 2.74. The highest BCUT2D eigenvalue weighted by molar-refractivity contribution is 5.81. The summed E-state index contributed by atoms with van der Waals surface area (Å²) >= 11 is 0. The molecule has 0 rings (SSSR count).